The van der Waals surface area contributed by atoms with Gasteiger partial charge < -0.3 is 19.2 Å². The summed E-state index contributed by atoms with van der Waals surface area (Å²) in [4.78, 5) is 24.2. The number of ether oxygens (including phenoxy) is 2. The molecule has 0 saturated carbocycles. The Labute approximate surface area is 143 Å². The zero-order valence-corrected chi connectivity index (χ0v) is 13.3. The molecule has 0 aliphatic carbocycles. The summed E-state index contributed by atoms with van der Waals surface area (Å²) < 4.78 is 15.8. The number of carbonyl (C=O) groups excluding carboxylic acids is 1. The van der Waals surface area contributed by atoms with Gasteiger partial charge in [-0.2, -0.15) is 0 Å². The van der Waals surface area contributed by atoms with Gasteiger partial charge in [-0.15, -0.1) is 0 Å². The van der Waals surface area contributed by atoms with Crippen LogP contribution in [0.1, 0.15) is 15.9 Å². The number of rotatable bonds is 4. The summed E-state index contributed by atoms with van der Waals surface area (Å²) in [5.74, 6) is 0.987. The zero-order chi connectivity index (χ0) is 17.2. The second-order valence-electron chi connectivity index (χ2n) is 5.68. The molecule has 0 radical (unpaired) electrons. The average molecular weight is 337 g/mol. The van der Waals surface area contributed by atoms with E-state index in [1.54, 1.807) is 24.3 Å². The molecule has 25 heavy (non-hydrogen) atoms. The number of benzene rings is 2. The summed E-state index contributed by atoms with van der Waals surface area (Å²) >= 11 is 0. The Morgan fingerprint density at radius 2 is 1.88 bits per heavy atom. The first kappa shape index (κ1) is 15.3. The Kier molecular flexibility index (Phi) is 3.85. The minimum atomic E-state index is -0.640. The van der Waals surface area contributed by atoms with Crippen LogP contribution in [0.3, 0.4) is 0 Å². The molecule has 1 aliphatic rings. The van der Waals surface area contributed by atoms with Crippen LogP contribution >= 0.6 is 0 Å². The molecule has 1 N–H and O–H groups in total. The summed E-state index contributed by atoms with van der Waals surface area (Å²) in [6.45, 7) is 0.623. The maximum absolute atomic E-state index is 12.3. The highest BCUT2D eigenvalue weighted by molar-refractivity contribution is 5.96. The van der Waals surface area contributed by atoms with Gasteiger partial charge in [0.05, 0.1) is 0 Å². The molecule has 0 saturated heterocycles. The molecule has 0 fully saturated rings. The van der Waals surface area contributed by atoms with Crippen molar-refractivity contribution < 1.29 is 18.7 Å². The molecular weight excluding hydrogens is 322 g/mol. The molecule has 0 unspecified atom stereocenters. The van der Waals surface area contributed by atoms with Crippen LogP contribution in [0, 0.1) is 0 Å². The predicted octanol–water partition coefficient (Wildman–Crippen LogP) is 2.49. The van der Waals surface area contributed by atoms with Gasteiger partial charge in [0, 0.05) is 11.9 Å². The Balaban J connectivity index is 1.44. The third-order valence-corrected chi connectivity index (χ3v) is 4.02. The number of para-hydroxylation sites is 1. The Bertz CT molecular complexity index is 1010. The minimum absolute atomic E-state index is 0.00406. The third kappa shape index (κ3) is 3.06. The summed E-state index contributed by atoms with van der Waals surface area (Å²) in [6.07, 6.45) is 0.612. The van der Waals surface area contributed by atoms with Crippen LogP contribution in [-0.4, -0.2) is 19.2 Å². The number of fused-ring (bicyclic) bond motifs is 2. The molecule has 0 spiro atoms. The highest BCUT2D eigenvalue weighted by Crippen LogP contribution is 2.32. The quantitative estimate of drug-likeness (QED) is 0.740. The van der Waals surface area contributed by atoms with Crippen LogP contribution in [0.25, 0.3) is 11.0 Å². The van der Waals surface area contributed by atoms with Crippen molar-refractivity contribution in [1.82, 2.24) is 5.32 Å². The maximum Gasteiger partial charge on any atom is 0.349 e. The van der Waals surface area contributed by atoms with E-state index in [0.29, 0.717) is 29.7 Å². The van der Waals surface area contributed by atoms with Crippen molar-refractivity contribution in [2.24, 2.45) is 0 Å². The van der Waals surface area contributed by atoms with E-state index in [2.05, 4.69) is 5.32 Å². The van der Waals surface area contributed by atoms with Crippen molar-refractivity contribution in [2.45, 2.75) is 6.42 Å². The Morgan fingerprint density at radius 1 is 1.04 bits per heavy atom. The molecule has 2 aromatic carbocycles. The van der Waals surface area contributed by atoms with Crippen LogP contribution in [-0.2, 0) is 6.42 Å². The fourth-order valence-electron chi connectivity index (χ4n) is 2.73. The lowest BCUT2D eigenvalue weighted by Crippen LogP contribution is -2.29. The van der Waals surface area contributed by atoms with Gasteiger partial charge in [-0.3, -0.25) is 4.79 Å². The smallest absolute Gasteiger partial charge is 0.349 e. The molecule has 2 heterocycles. The molecule has 1 aliphatic heterocycles. The molecule has 6 heteroatoms. The third-order valence-electron chi connectivity index (χ3n) is 4.02. The number of nitrogens with one attached hydrogen (secondary N) is 1. The van der Waals surface area contributed by atoms with Gasteiger partial charge in [0.1, 0.15) is 11.1 Å². The lowest BCUT2D eigenvalue weighted by Gasteiger charge is -2.06. The molecule has 0 atom stereocenters. The largest absolute Gasteiger partial charge is 0.454 e. The predicted molar refractivity (Wildman–Crippen MR) is 91.1 cm³/mol. The van der Waals surface area contributed by atoms with Crippen molar-refractivity contribution in [3.05, 3.63) is 70.1 Å². The molecule has 6 nitrogen and oxygen atoms in total. The Morgan fingerprint density at radius 3 is 2.80 bits per heavy atom. The van der Waals surface area contributed by atoms with Crippen molar-refractivity contribution in [1.29, 1.82) is 0 Å². The monoisotopic (exact) mass is 337 g/mol. The van der Waals surface area contributed by atoms with Crippen LogP contribution < -0.4 is 20.4 Å². The number of hydrogen-bond acceptors (Lipinski definition) is 5. The highest BCUT2D eigenvalue weighted by atomic mass is 16.7. The van der Waals surface area contributed by atoms with Crippen LogP contribution in [0.15, 0.2) is 57.7 Å². The molecule has 3 aromatic rings. The Hall–Kier alpha value is -3.28. The molecular formula is C19H15NO5. The maximum atomic E-state index is 12.3. The second-order valence-corrected chi connectivity index (χ2v) is 5.68. The van der Waals surface area contributed by atoms with Crippen molar-refractivity contribution in [3.8, 4) is 11.5 Å². The van der Waals surface area contributed by atoms with Crippen LogP contribution in [0.2, 0.25) is 0 Å². The molecule has 0 bridgehead atoms. The lowest BCUT2D eigenvalue weighted by molar-refractivity contribution is 0.0950. The molecule has 1 aromatic heterocycles. The SMILES string of the molecule is O=C(NCCc1ccc2c(c1)OCO2)c1cc2ccccc2oc1=O. The van der Waals surface area contributed by atoms with Gasteiger partial charge >= 0.3 is 5.63 Å². The highest BCUT2D eigenvalue weighted by Gasteiger charge is 2.15. The van der Waals surface area contributed by atoms with Gasteiger partial charge in [-0.05, 0) is 36.2 Å². The molecule has 126 valence electrons. The van der Waals surface area contributed by atoms with Gasteiger partial charge in [-0.1, -0.05) is 24.3 Å². The van der Waals surface area contributed by atoms with E-state index in [0.717, 1.165) is 11.3 Å². The first-order valence-electron chi connectivity index (χ1n) is 7.90. The van der Waals surface area contributed by atoms with Gasteiger partial charge in [0.15, 0.2) is 11.5 Å². The van der Waals surface area contributed by atoms with E-state index < -0.39 is 11.5 Å². The van der Waals surface area contributed by atoms with Crippen molar-refractivity contribution in [3.63, 3.8) is 0 Å². The fraction of sp³-hybridized carbons (Fsp3) is 0.158. The lowest BCUT2D eigenvalue weighted by atomic mass is 10.1. The van der Waals surface area contributed by atoms with E-state index in [-0.39, 0.29) is 12.4 Å². The summed E-state index contributed by atoms with van der Waals surface area (Å²) in [7, 11) is 0. The summed E-state index contributed by atoms with van der Waals surface area (Å²) in [5, 5.41) is 3.46. The van der Waals surface area contributed by atoms with Gasteiger partial charge in [0.25, 0.3) is 5.91 Å². The van der Waals surface area contributed by atoms with E-state index in [4.69, 9.17) is 13.9 Å². The standard InChI is InChI=1S/C19H15NO5/c21-18(14-10-13-3-1-2-4-15(13)25-19(14)22)20-8-7-12-5-6-16-17(9-12)24-11-23-16/h1-6,9-10H,7-8,11H2,(H,20,21). The van der Waals surface area contributed by atoms with Gasteiger partial charge in [-0.25, -0.2) is 4.79 Å². The zero-order valence-electron chi connectivity index (χ0n) is 13.3. The fourth-order valence-corrected chi connectivity index (χ4v) is 2.73. The van der Waals surface area contributed by atoms with Crippen molar-refractivity contribution >= 4 is 16.9 Å². The number of amides is 1. The number of carbonyl (C=O) groups is 1. The second kappa shape index (κ2) is 6.32. The summed E-state index contributed by atoms with van der Waals surface area (Å²) in [5.41, 5.74) is 0.836. The van der Waals surface area contributed by atoms with E-state index >= 15 is 0 Å². The first-order chi connectivity index (χ1) is 12.2. The van der Waals surface area contributed by atoms with Crippen molar-refractivity contribution in [2.75, 3.05) is 13.3 Å². The van der Waals surface area contributed by atoms with E-state index in [1.165, 1.54) is 0 Å². The average Bonchev–Trinajstić information content (AvgIpc) is 3.09. The normalized spacial score (nSPS) is 12.3. The van der Waals surface area contributed by atoms with E-state index in [1.807, 2.05) is 24.3 Å². The van der Waals surface area contributed by atoms with E-state index in [9.17, 15) is 9.59 Å². The van der Waals surface area contributed by atoms with Crippen LogP contribution in [0.5, 0.6) is 11.5 Å². The minimum Gasteiger partial charge on any atom is -0.454 e. The van der Waals surface area contributed by atoms with Crippen LogP contribution in [0.4, 0.5) is 0 Å². The first-order valence-corrected chi connectivity index (χ1v) is 7.90. The topological polar surface area (TPSA) is 77.8 Å². The molecule has 4 rings (SSSR count). The summed E-state index contributed by atoms with van der Waals surface area (Å²) in [6, 6.07) is 14.3. The molecule has 1 amide bonds. The van der Waals surface area contributed by atoms with Gasteiger partial charge in [0.2, 0.25) is 6.79 Å². The number of hydrogen-bond donors (Lipinski definition) is 1.